The Labute approximate surface area is 333 Å². The Bertz CT molecular complexity index is 2370. The molecule has 6 aromatic rings. The van der Waals surface area contributed by atoms with Gasteiger partial charge in [-0.15, -0.1) is 0 Å². The second-order valence-electron chi connectivity index (χ2n) is 13.3. The molecule has 1 aliphatic rings. The summed E-state index contributed by atoms with van der Waals surface area (Å²) in [6.07, 6.45) is -2.52. The van der Waals surface area contributed by atoms with Gasteiger partial charge >= 0.3 is 11.9 Å². The van der Waals surface area contributed by atoms with E-state index in [0.717, 1.165) is 22.3 Å². The molecule has 0 spiro atoms. The average Bonchev–Trinajstić information content (AvgIpc) is 3.81. The zero-order chi connectivity index (χ0) is 40.6. The minimum atomic E-state index is -1.14. The molecule has 0 radical (unpaired) electrons. The molecule has 1 saturated heterocycles. The molecule has 0 saturated carbocycles. The Balaban J connectivity index is 1.44. The molecular formula is C42H40N8O8. The van der Waals surface area contributed by atoms with Gasteiger partial charge in [-0.1, -0.05) is 84.9 Å². The van der Waals surface area contributed by atoms with Crippen LogP contribution in [0.15, 0.2) is 114 Å². The van der Waals surface area contributed by atoms with Crippen molar-refractivity contribution in [2.24, 2.45) is 5.11 Å². The smallest absolute Gasteiger partial charge is 0.303 e. The van der Waals surface area contributed by atoms with Crippen LogP contribution < -0.4 is 19.5 Å². The highest BCUT2D eigenvalue weighted by atomic mass is 16.6. The number of azide groups is 1. The van der Waals surface area contributed by atoms with Gasteiger partial charge in [-0.2, -0.15) is 9.97 Å². The Kier molecular flexibility index (Phi) is 11.7. The lowest BCUT2D eigenvalue weighted by Crippen LogP contribution is -2.38. The molecular weight excluding hydrogens is 745 g/mol. The van der Waals surface area contributed by atoms with Crippen molar-refractivity contribution in [3.8, 4) is 17.4 Å². The standard InChI is InChI=1S/C42H40N8O8/c1-26(51)55-25-35-34(57-27(2)52)23-36(58-35)50-38-37(44-41(50)48-49-43)39(56-24-28-11-7-5-8-12-28)46-40(45-38)47-42(29-13-9-6-10-14-29,30-15-19-32(53-3)20-16-30)31-17-21-33(54-4)22-18-31/h5-22,34-36H,23-25H2,1-4H3,(H,45,46,47)/t34-,35+,36+/m0/s1. The van der Waals surface area contributed by atoms with Gasteiger partial charge in [0.2, 0.25) is 17.8 Å². The van der Waals surface area contributed by atoms with Gasteiger partial charge in [0.1, 0.15) is 48.7 Å². The number of ether oxygens (including phenoxy) is 6. The van der Waals surface area contributed by atoms with E-state index in [9.17, 15) is 15.1 Å². The van der Waals surface area contributed by atoms with Crippen LogP contribution in [0, 0.1) is 0 Å². The van der Waals surface area contributed by atoms with Crippen molar-refractivity contribution in [2.45, 2.75) is 50.8 Å². The van der Waals surface area contributed by atoms with Gasteiger partial charge in [-0.05, 0) is 57.2 Å². The van der Waals surface area contributed by atoms with E-state index < -0.39 is 35.9 Å². The quantitative estimate of drug-likeness (QED) is 0.0354. The van der Waals surface area contributed by atoms with Crippen molar-refractivity contribution in [1.29, 1.82) is 0 Å². The summed E-state index contributed by atoms with van der Waals surface area (Å²) >= 11 is 0. The Hall–Kier alpha value is -7.16. The third-order valence-corrected chi connectivity index (χ3v) is 9.63. The Morgan fingerprint density at radius 2 is 1.45 bits per heavy atom. The van der Waals surface area contributed by atoms with E-state index in [1.165, 1.54) is 18.4 Å². The summed E-state index contributed by atoms with van der Waals surface area (Å²) in [5, 5.41) is 7.59. The number of benzene rings is 4. The van der Waals surface area contributed by atoms with Crippen LogP contribution in [0.2, 0.25) is 0 Å². The summed E-state index contributed by atoms with van der Waals surface area (Å²) in [6, 6.07) is 34.7. The predicted octanol–water partition coefficient (Wildman–Crippen LogP) is 7.55. The van der Waals surface area contributed by atoms with E-state index in [1.807, 2.05) is 109 Å². The minimum absolute atomic E-state index is 0.0851. The first-order valence-electron chi connectivity index (χ1n) is 18.3. The number of anilines is 1. The van der Waals surface area contributed by atoms with Crippen molar-refractivity contribution in [1.82, 2.24) is 19.5 Å². The van der Waals surface area contributed by atoms with E-state index >= 15 is 0 Å². The summed E-state index contributed by atoms with van der Waals surface area (Å²) in [6.45, 7) is 2.48. The molecule has 0 aliphatic carbocycles. The van der Waals surface area contributed by atoms with Gasteiger partial charge < -0.3 is 33.7 Å². The summed E-state index contributed by atoms with van der Waals surface area (Å²) in [7, 11) is 3.21. The largest absolute Gasteiger partial charge is 0.497 e. The molecule has 3 atom stereocenters. The summed E-state index contributed by atoms with van der Waals surface area (Å²) in [5.41, 5.74) is 12.3. The first-order chi connectivity index (χ1) is 28.2. The zero-order valence-electron chi connectivity index (χ0n) is 32.1. The molecule has 16 heteroatoms. The second kappa shape index (κ2) is 17.3. The summed E-state index contributed by atoms with van der Waals surface area (Å²) in [4.78, 5) is 41.6. The molecule has 1 fully saturated rings. The van der Waals surface area contributed by atoms with Gasteiger partial charge in [0.15, 0.2) is 11.2 Å². The molecule has 58 heavy (non-hydrogen) atoms. The second-order valence-corrected chi connectivity index (χ2v) is 13.3. The molecule has 0 unspecified atom stereocenters. The van der Waals surface area contributed by atoms with Crippen molar-refractivity contribution in [3.63, 3.8) is 0 Å². The van der Waals surface area contributed by atoms with E-state index in [2.05, 4.69) is 20.3 Å². The van der Waals surface area contributed by atoms with Crippen LogP contribution >= 0.6 is 0 Å². The van der Waals surface area contributed by atoms with Gasteiger partial charge in [0.05, 0.1) is 14.2 Å². The molecule has 7 rings (SSSR count). The highest BCUT2D eigenvalue weighted by Crippen LogP contribution is 2.43. The molecule has 1 aliphatic heterocycles. The van der Waals surface area contributed by atoms with Gasteiger partial charge in [-0.25, -0.2) is 4.98 Å². The van der Waals surface area contributed by atoms with E-state index in [1.54, 1.807) is 14.2 Å². The molecule has 16 nitrogen and oxygen atoms in total. The maximum absolute atomic E-state index is 12.2. The van der Waals surface area contributed by atoms with Crippen molar-refractivity contribution >= 4 is 35.0 Å². The highest BCUT2D eigenvalue weighted by molar-refractivity contribution is 5.81. The number of rotatable bonds is 15. The van der Waals surface area contributed by atoms with Crippen LogP contribution in [0.3, 0.4) is 0 Å². The number of aromatic nitrogens is 4. The van der Waals surface area contributed by atoms with Gasteiger partial charge in [-0.3, -0.25) is 14.2 Å². The summed E-state index contributed by atoms with van der Waals surface area (Å²) < 4.78 is 36.2. The first-order valence-corrected chi connectivity index (χ1v) is 18.3. The maximum atomic E-state index is 12.2. The fourth-order valence-electron chi connectivity index (χ4n) is 7.00. The number of fused-ring (bicyclic) bond motifs is 1. The predicted molar refractivity (Wildman–Crippen MR) is 212 cm³/mol. The lowest BCUT2D eigenvalue weighted by Gasteiger charge is -2.37. The van der Waals surface area contributed by atoms with E-state index in [-0.39, 0.29) is 48.6 Å². The number of hydrogen-bond donors (Lipinski definition) is 1. The van der Waals surface area contributed by atoms with Gasteiger partial charge in [0, 0.05) is 25.2 Å². The highest BCUT2D eigenvalue weighted by Gasteiger charge is 2.42. The van der Waals surface area contributed by atoms with Crippen LogP contribution in [0.1, 0.15) is 48.8 Å². The normalized spacial score (nSPS) is 16.2. The number of nitrogens with zero attached hydrogens (tertiary/aromatic N) is 7. The molecule has 0 amide bonds. The topological polar surface area (TPSA) is 194 Å². The molecule has 4 aromatic carbocycles. The molecule has 2 aromatic heterocycles. The van der Waals surface area contributed by atoms with Crippen molar-refractivity contribution < 1.29 is 38.0 Å². The molecule has 1 N–H and O–H groups in total. The third-order valence-electron chi connectivity index (χ3n) is 9.63. The Morgan fingerprint density at radius 1 is 0.845 bits per heavy atom. The number of hydrogen-bond acceptors (Lipinski definition) is 13. The fraction of sp³-hybridized carbons (Fsp3) is 0.262. The van der Waals surface area contributed by atoms with E-state index in [4.69, 9.17) is 38.4 Å². The average molecular weight is 785 g/mol. The van der Waals surface area contributed by atoms with Crippen LogP contribution in [-0.2, 0) is 35.9 Å². The van der Waals surface area contributed by atoms with Crippen LogP contribution in [0.5, 0.6) is 17.4 Å². The number of methoxy groups -OCH3 is 2. The van der Waals surface area contributed by atoms with Crippen molar-refractivity contribution in [2.75, 3.05) is 26.1 Å². The van der Waals surface area contributed by atoms with Crippen LogP contribution in [0.4, 0.5) is 11.9 Å². The SMILES string of the molecule is COc1ccc(C(Nc2nc(OCc3ccccc3)c3nc(N=[N+]=[N-])n([C@H]4C[C@H](OC(C)=O)[C@@H](COC(C)=O)O4)c3n2)(c2ccccc2)c2ccc(OC)cc2)cc1. The van der Waals surface area contributed by atoms with Crippen LogP contribution in [-0.4, -0.2) is 64.5 Å². The molecule has 0 bridgehead atoms. The minimum Gasteiger partial charge on any atom is -0.497 e. The molecule has 3 heterocycles. The van der Waals surface area contributed by atoms with Crippen molar-refractivity contribution in [3.05, 3.63) is 142 Å². The zero-order valence-corrected chi connectivity index (χ0v) is 32.1. The first kappa shape index (κ1) is 39.1. The lowest BCUT2D eigenvalue weighted by atomic mass is 9.77. The van der Waals surface area contributed by atoms with Crippen LogP contribution in [0.25, 0.3) is 21.6 Å². The number of esters is 2. The Morgan fingerprint density at radius 3 is 2.02 bits per heavy atom. The van der Waals surface area contributed by atoms with Gasteiger partial charge in [0.25, 0.3) is 0 Å². The lowest BCUT2D eigenvalue weighted by molar-refractivity contribution is -0.155. The number of imidazole rings is 1. The fourth-order valence-corrected chi connectivity index (χ4v) is 7.00. The third kappa shape index (κ3) is 8.19. The number of carbonyl (C=O) groups excluding carboxylic acids is 2. The summed E-state index contributed by atoms with van der Waals surface area (Å²) in [5.74, 6) is 0.350. The monoisotopic (exact) mass is 784 g/mol. The molecule has 296 valence electrons. The number of nitrogens with one attached hydrogen (secondary N) is 1. The number of carbonyl (C=O) groups is 2. The van der Waals surface area contributed by atoms with E-state index in [0.29, 0.717) is 11.5 Å². The maximum Gasteiger partial charge on any atom is 0.303 e.